The fraction of sp³-hybridized carbons (Fsp3) is 0.577. The lowest BCUT2D eigenvalue weighted by molar-refractivity contribution is -0.137. The van der Waals surface area contributed by atoms with E-state index in [1.807, 2.05) is 39.5 Å². The molecule has 0 spiro atoms. The number of nitrogens with zero attached hydrogens (tertiary/aromatic N) is 4. The minimum Gasteiger partial charge on any atom is -0.353 e. The van der Waals surface area contributed by atoms with Crippen LogP contribution in [-0.2, 0) is 23.8 Å². The highest BCUT2D eigenvalue weighted by Gasteiger charge is 2.31. The molecule has 1 aliphatic heterocycles. The molecule has 8 heteroatoms. The lowest BCUT2D eigenvalue weighted by Crippen LogP contribution is -2.49. The Hall–Kier alpha value is -2.64. The van der Waals surface area contributed by atoms with Gasteiger partial charge in [-0.15, -0.1) is 0 Å². The molecule has 2 aromatic rings. The van der Waals surface area contributed by atoms with Gasteiger partial charge in [-0.1, -0.05) is 52.8 Å². The highest BCUT2D eigenvalue weighted by atomic mass is 19.4. The van der Waals surface area contributed by atoms with Crippen LogP contribution in [-0.4, -0.2) is 47.0 Å². The summed E-state index contributed by atoms with van der Waals surface area (Å²) >= 11 is 0. The summed E-state index contributed by atoms with van der Waals surface area (Å²) in [6, 6.07) is 5.47. The Bertz CT molecular complexity index is 996. The predicted molar refractivity (Wildman–Crippen MR) is 128 cm³/mol. The van der Waals surface area contributed by atoms with E-state index >= 15 is 0 Å². The molecule has 5 nitrogen and oxygen atoms in total. The van der Waals surface area contributed by atoms with Gasteiger partial charge in [0.15, 0.2) is 0 Å². The zero-order valence-corrected chi connectivity index (χ0v) is 20.7. The summed E-state index contributed by atoms with van der Waals surface area (Å²) in [4.78, 5) is 26.2. The molecule has 34 heavy (non-hydrogen) atoms. The number of halogens is 3. The number of rotatable bonds is 7. The van der Waals surface area contributed by atoms with E-state index in [4.69, 9.17) is 9.97 Å². The fourth-order valence-electron chi connectivity index (χ4n) is 4.24. The molecule has 186 valence electrons. The second kappa shape index (κ2) is 10.7. The number of benzene rings is 1. The summed E-state index contributed by atoms with van der Waals surface area (Å²) in [5.74, 6) is 2.12. The van der Waals surface area contributed by atoms with Gasteiger partial charge in [0, 0.05) is 56.2 Å². The third-order valence-electron chi connectivity index (χ3n) is 6.09. The number of amides is 1. The highest BCUT2D eigenvalue weighted by molar-refractivity contribution is 5.76. The van der Waals surface area contributed by atoms with Gasteiger partial charge in [-0.2, -0.15) is 13.2 Å². The number of alkyl halides is 3. The van der Waals surface area contributed by atoms with Crippen molar-refractivity contribution in [2.45, 2.75) is 66.0 Å². The average Bonchev–Trinajstić information content (AvgIpc) is 2.78. The molecule has 0 atom stereocenters. The van der Waals surface area contributed by atoms with Crippen LogP contribution in [0.15, 0.2) is 24.3 Å². The van der Waals surface area contributed by atoms with Gasteiger partial charge in [0.25, 0.3) is 0 Å². The number of aromatic nitrogens is 2. The van der Waals surface area contributed by atoms with Gasteiger partial charge in [0.05, 0.1) is 5.56 Å². The number of carbonyl (C=O) groups excluding carboxylic acids is 1. The second-order valence-corrected chi connectivity index (χ2v) is 9.68. The first kappa shape index (κ1) is 26.0. The Labute approximate surface area is 200 Å². The Morgan fingerprint density at radius 1 is 1.06 bits per heavy atom. The van der Waals surface area contributed by atoms with E-state index in [1.165, 1.54) is 12.1 Å². The zero-order valence-electron chi connectivity index (χ0n) is 20.7. The molecular weight excluding hydrogens is 441 g/mol. The smallest absolute Gasteiger partial charge is 0.353 e. The first-order valence-corrected chi connectivity index (χ1v) is 12.1. The van der Waals surface area contributed by atoms with Gasteiger partial charge < -0.3 is 9.80 Å². The van der Waals surface area contributed by atoms with E-state index in [0.717, 1.165) is 29.0 Å². The summed E-state index contributed by atoms with van der Waals surface area (Å²) < 4.78 is 39.8. The molecule has 0 aliphatic carbocycles. The van der Waals surface area contributed by atoms with Gasteiger partial charge in [-0.3, -0.25) is 4.79 Å². The molecule has 1 aromatic carbocycles. The maximum Gasteiger partial charge on any atom is 0.416 e. The maximum atomic E-state index is 13.3. The van der Waals surface area contributed by atoms with Gasteiger partial charge in [-0.25, -0.2) is 9.97 Å². The van der Waals surface area contributed by atoms with Crippen molar-refractivity contribution in [1.82, 2.24) is 14.9 Å². The number of aryl methyl sites for hydroxylation is 1. The number of anilines is 1. The highest BCUT2D eigenvalue weighted by Crippen LogP contribution is 2.32. The molecular formula is C26H35F3N4O. The molecule has 1 saturated heterocycles. The number of piperazine rings is 1. The number of hydrogen-bond acceptors (Lipinski definition) is 4. The van der Waals surface area contributed by atoms with Crippen LogP contribution in [0.2, 0.25) is 0 Å². The Morgan fingerprint density at radius 2 is 1.74 bits per heavy atom. The van der Waals surface area contributed by atoms with Gasteiger partial charge >= 0.3 is 6.18 Å². The van der Waals surface area contributed by atoms with Crippen molar-refractivity contribution < 1.29 is 18.0 Å². The van der Waals surface area contributed by atoms with Crippen LogP contribution >= 0.6 is 0 Å². The molecule has 1 aromatic heterocycles. The predicted octanol–water partition coefficient (Wildman–Crippen LogP) is 5.47. The van der Waals surface area contributed by atoms with E-state index in [1.54, 1.807) is 6.07 Å². The first-order valence-electron chi connectivity index (χ1n) is 12.1. The SMILES string of the molecule is CCc1nc(C(C)C)nc(N2CCN(C(=O)CC(C)C)CC2)c1Cc1cccc(C(F)(F)F)c1. The molecule has 0 unspecified atom stereocenters. The van der Waals surface area contributed by atoms with Crippen molar-refractivity contribution in [2.75, 3.05) is 31.1 Å². The quantitative estimate of drug-likeness (QED) is 0.532. The largest absolute Gasteiger partial charge is 0.416 e. The summed E-state index contributed by atoms with van der Waals surface area (Å²) in [6.45, 7) is 12.6. The minimum atomic E-state index is -4.39. The van der Waals surface area contributed by atoms with Crippen molar-refractivity contribution in [3.05, 3.63) is 52.5 Å². The minimum absolute atomic E-state index is 0.126. The molecule has 3 rings (SSSR count). The van der Waals surface area contributed by atoms with Crippen LogP contribution in [0.3, 0.4) is 0 Å². The summed E-state index contributed by atoms with van der Waals surface area (Å²) in [7, 11) is 0. The summed E-state index contributed by atoms with van der Waals surface area (Å²) in [5.41, 5.74) is 1.66. The number of hydrogen-bond donors (Lipinski definition) is 0. The number of carbonyl (C=O) groups is 1. The third-order valence-corrected chi connectivity index (χ3v) is 6.09. The van der Waals surface area contributed by atoms with Crippen molar-refractivity contribution in [3.63, 3.8) is 0 Å². The average molecular weight is 477 g/mol. The lowest BCUT2D eigenvalue weighted by Gasteiger charge is -2.37. The van der Waals surface area contributed by atoms with Crippen LogP contribution in [0.1, 0.15) is 75.2 Å². The van der Waals surface area contributed by atoms with Crippen LogP contribution in [0.25, 0.3) is 0 Å². The van der Waals surface area contributed by atoms with E-state index < -0.39 is 11.7 Å². The zero-order chi connectivity index (χ0) is 25.0. The van der Waals surface area contributed by atoms with E-state index in [-0.39, 0.29) is 11.8 Å². The van der Waals surface area contributed by atoms with E-state index in [2.05, 4.69) is 4.90 Å². The van der Waals surface area contributed by atoms with Crippen molar-refractivity contribution in [2.24, 2.45) is 5.92 Å². The summed E-state index contributed by atoms with van der Waals surface area (Å²) in [5, 5.41) is 0. The van der Waals surface area contributed by atoms with Crippen molar-refractivity contribution in [3.8, 4) is 0 Å². The summed E-state index contributed by atoms with van der Waals surface area (Å²) in [6.07, 6.45) is -2.86. The first-order chi connectivity index (χ1) is 16.0. The molecule has 1 amide bonds. The topological polar surface area (TPSA) is 49.3 Å². The standard InChI is InChI=1S/C26H35F3N4O/c1-6-22-21(16-19-8-7-9-20(15-19)26(27,28)29)25(31-24(30-22)18(4)5)33-12-10-32(11-13-33)23(34)14-17(2)3/h7-9,15,17-18H,6,10-14,16H2,1-5H3. The van der Waals surface area contributed by atoms with E-state index in [9.17, 15) is 18.0 Å². The van der Waals surface area contributed by atoms with Gasteiger partial charge in [-0.05, 0) is 24.0 Å². The van der Waals surface area contributed by atoms with Crippen LogP contribution in [0.4, 0.5) is 19.0 Å². The monoisotopic (exact) mass is 476 g/mol. The Morgan fingerprint density at radius 3 is 2.29 bits per heavy atom. The molecule has 1 aliphatic rings. The third kappa shape index (κ3) is 6.27. The van der Waals surface area contributed by atoms with Gasteiger partial charge in [0.1, 0.15) is 11.6 Å². The van der Waals surface area contributed by atoms with Crippen molar-refractivity contribution in [1.29, 1.82) is 0 Å². The molecule has 0 N–H and O–H groups in total. The van der Waals surface area contributed by atoms with E-state index in [0.29, 0.717) is 56.9 Å². The Kier molecular flexibility index (Phi) is 8.21. The van der Waals surface area contributed by atoms with Crippen LogP contribution in [0, 0.1) is 5.92 Å². The molecule has 0 saturated carbocycles. The Balaban J connectivity index is 1.94. The lowest BCUT2D eigenvalue weighted by atomic mass is 9.99. The second-order valence-electron chi connectivity index (χ2n) is 9.68. The fourth-order valence-corrected chi connectivity index (χ4v) is 4.24. The molecule has 0 radical (unpaired) electrons. The van der Waals surface area contributed by atoms with Crippen LogP contribution in [0.5, 0.6) is 0 Å². The maximum absolute atomic E-state index is 13.3. The molecule has 1 fully saturated rings. The van der Waals surface area contributed by atoms with Crippen LogP contribution < -0.4 is 4.90 Å². The van der Waals surface area contributed by atoms with Gasteiger partial charge in [0.2, 0.25) is 5.91 Å². The van der Waals surface area contributed by atoms with Crippen molar-refractivity contribution >= 4 is 11.7 Å². The normalized spacial score (nSPS) is 14.9. The molecule has 2 heterocycles. The molecule has 0 bridgehead atoms.